The molecule has 1 aromatic rings. The van der Waals surface area contributed by atoms with Gasteiger partial charge in [0.25, 0.3) is 0 Å². The number of hydrogen-bond donors (Lipinski definition) is 1. The van der Waals surface area contributed by atoms with Gasteiger partial charge in [0.05, 0.1) is 0 Å². The summed E-state index contributed by atoms with van der Waals surface area (Å²) in [5.41, 5.74) is 0.966. The highest BCUT2D eigenvalue weighted by Gasteiger charge is 2.33. The first-order chi connectivity index (χ1) is 11.5. The van der Waals surface area contributed by atoms with Crippen LogP contribution in [0.4, 0.5) is 4.79 Å². The van der Waals surface area contributed by atoms with Crippen LogP contribution < -0.4 is 14.8 Å². The maximum atomic E-state index is 12.2. The molecule has 1 aromatic carbocycles. The fourth-order valence-corrected chi connectivity index (χ4v) is 3.65. The van der Waals surface area contributed by atoms with Crippen molar-refractivity contribution in [3.8, 4) is 11.5 Å². The Hall–Kier alpha value is -1.91. The summed E-state index contributed by atoms with van der Waals surface area (Å²) in [6, 6.07) is 5.68. The van der Waals surface area contributed by atoms with Gasteiger partial charge in [0.15, 0.2) is 11.5 Å². The molecule has 3 atom stereocenters. The lowest BCUT2D eigenvalue weighted by atomic mass is 9.75. The van der Waals surface area contributed by atoms with Crippen LogP contribution in [0, 0.1) is 17.8 Å². The van der Waals surface area contributed by atoms with Crippen molar-refractivity contribution in [3.63, 3.8) is 0 Å². The number of ether oxygens (including phenoxy) is 3. The Labute approximate surface area is 143 Å². The van der Waals surface area contributed by atoms with Crippen molar-refractivity contribution in [2.75, 3.05) is 6.79 Å². The zero-order chi connectivity index (χ0) is 17.1. The molecule has 1 heterocycles. The van der Waals surface area contributed by atoms with Crippen molar-refractivity contribution in [3.05, 3.63) is 23.8 Å². The molecule has 3 rings (SSSR count). The predicted molar refractivity (Wildman–Crippen MR) is 91.0 cm³/mol. The molecule has 1 amide bonds. The van der Waals surface area contributed by atoms with Crippen molar-refractivity contribution < 1.29 is 19.0 Å². The Kier molecular flexibility index (Phi) is 5.17. The highest BCUT2D eigenvalue weighted by atomic mass is 16.7. The lowest BCUT2D eigenvalue weighted by Crippen LogP contribution is -2.38. The molecule has 132 valence electrons. The quantitative estimate of drug-likeness (QED) is 0.901. The molecular formula is C19H27NO4. The van der Waals surface area contributed by atoms with Gasteiger partial charge in [-0.05, 0) is 48.3 Å². The minimum absolute atomic E-state index is 0.0190. The predicted octanol–water partition coefficient (Wildman–Crippen LogP) is 4.10. The molecule has 5 nitrogen and oxygen atoms in total. The van der Waals surface area contributed by atoms with Crippen LogP contribution >= 0.6 is 0 Å². The number of carbonyl (C=O) groups is 1. The average molecular weight is 333 g/mol. The molecule has 1 aliphatic carbocycles. The summed E-state index contributed by atoms with van der Waals surface area (Å²) in [6.07, 6.45) is 3.00. The summed E-state index contributed by atoms with van der Waals surface area (Å²) < 4.78 is 16.4. The van der Waals surface area contributed by atoms with Crippen LogP contribution in [0.2, 0.25) is 0 Å². The number of hydrogen-bond acceptors (Lipinski definition) is 4. The Morgan fingerprint density at radius 2 is 2.08 bits per heavy atom. The van der Waals surface area contributed by atoms with Crippen LogP contribution in [0.25, 0.3) is 0 Å². The molecule has 5 heteroatoms. The lowest BCUT2D eigenvalue weighted by molar-refractivity contribution is 0.00601. The van der Waals surface area contributed by atoms with Gasteiger partial charge in [0.1, 0.15) is 6.10 Å². The summed E-state index contributed by atoms with van der Waals surface area (Å²) in [5, 5.41) is 2.85. The van der Waals surface area contributed by atoms with E-state index in [1.807, 2.05) is 18.2 Å². The zero-order valence-electron chi connectivity index (χ0n) is 14.7. The molecule has 0 saturated heterocycles. The summed E-state index contributed by atoms with van der Waals surface area (Å²) in [5.74, 6) is 3.08. The van der Waals surface area contributed by atoms with Crippen molar-refractivity contribution >= 4 is 6.09 Å². The van der Waals surface area contributed by atoms with Crippen LogP contribution in [0.1, 0.15) is 45.6 Å². The van der Waals surface area contributed by atoms with E-state index in [-0.39, 0.29) is 19.0 Å². The number of benzene rings is 1. The molecule has 1 fully saturated rings. The number of rotatable bonds is 4. The summed E-state index contributed by atoms with van der Waals surface area (Å²) in [6.45, 7) is 7.33. The topological polar surface area (TPSA) is 56.8 Å². The van der Waals surface area contributed by atoms with Gasteiger partial charge in [-0.15, -0.1) is 0 Å². The second-order valence-electron chi connectivity index (χ2n) is 7.31. The van der Waals surface area contributed by atoms with Gasteiger partial charge in [-0.25, -0.2) is 4.79 Å². The number of carbonyl (C=O) groups excluding carboxylic acids is 1. The van der Waals surface area contributed by atoms with Crippen LogP contribution in [-0.4, -0.2) is 19.0 Å². The minimum atomic E-state index is -0.336. The zero-order valence-corrected chi connectivity index (χ0v) is 14.7. The van der Waals surface area contributed by atoms with Crippen molar-refractivity contribution in [2.24, 2.45) is 17.8 Å². The first-order valence-corrected chi connectivity index (χ1v) is 8.86. The molecular weight excluding hydrogens is 306 g/mol. The smallest absolute Gasteiger partial charge is 0.407 e. The maximum absolute atomic E-state index is 12.2. The SMILES string of the molecule is CC(C)[C@@H]1CC[C@@H](C)C[C@@H]1OC(=O)NCc1ccc2c(c1)OCO2. The fraction of sp³-hybridized carbons (Fsp3) is 0.632. The third-order valence-electron chi connectivity index (χ3n) is 5.09. The van der Waals surface area contributed by atoms with Crippen LogP contribution in [-0.2, 0) is 11.3 Å². The van der Waals surface area contributed by atoms with E-state index in [2.05, 4.69) is 26.1 Å². The second kappa shape index (κ2) is 7.32. The van der Waals surface area contributed by atoms with Crippen LogP contribution in [0.5, 0.6) is 11.5 Å². The first-order valence-electron chi connectivity index (χ1n) is 8.86. The van der Waals surface area contributed by atoms with E-state index in [1.54, 1.807) is 0 Å². The van der Waals surface area contributed by atoms with Crippen molar-refractivity contribution in [1.29, 1.82) is 0 Å². The van der Waals surface area contributed by atoms with E-state index in [0.29, 0.717) is 24.3 Å². The molecule has 2 aliphatic rings. The third-order valence-corrected chi connectivity index (χ3v) is 5.09. The van der Waals surface area contributed by atoms with Crippen LogP contribution in [0.3, 0.4) is 0 Å². The highest BCUT2D eigenvalue weighted by molar-refractivity contribution is 5.67. The average Bonchev–Trinajstić information content (AvgIpc) is 3.00. The van der Waals surface area contributed by atoms with Crippen LogP contribution in [0.15, 0.2) is 18.2 Å². The maximum Gasteiger partial charge on any atom is 0.407 e. The van der Waals surface area contributed by atoms with Gasteiger partial charge in [-0.3, -0.25) is 0 Å². The molecule has 24 heavy (non-hydrogen) atoms. The highest BCUT2D eigenvalue weighted by Crippen LogP contribution is 2.35. The first kappa shape index (κ1) is 16.9. The second-order valence-corrected chi connectivity index (χ2v) is 7.31. The minimum Gasteiger partial charge on any atom is -0.454 e. The van der Waals surface area contributed by atoms with E-state index in [9.17, 15) is 4.79 Å². The Morgan fingerprint density at radius 3 is 2.88 bits per heavy atom. The van der Waals surface area contributed by atoms with Gasteiger partial charge in [0.2, 0.25) is 6.79 Å². The van der Waals surface area contributed by atoms with Gasteiger partial charge in [-0.1, -0.05) is 33.3 Å². The van der Waals surface area contributed by atoms with Gasteiger partial charge in [0, 0.05) is 6.54 Å². The van der Waals surface area contributed by atoms with E-state index < -0.39 is 0 Å². The number of alkyl carbamates (subject to hydrolysis) is 1. The molecule has 0 spiro atoms. The summed E-state index contributed by atoms with van der Waals surface area (Å²) >= 11 is 0. The summed E-state index contributed by atoms with van der Waals surface area (Å²) in [7, 11) is 0. The van der Waals surface area contributed by atoms with Gasteiger partial charge >= 0.3 is 6.09 Å². The Bertz CT molecular complexity index is 587. The van der Waals surface area contributed by atoms with E-state index in [1.165, 1.54) is 6.42 Å². The largest absolute Gasteiger partial charge is 0.454 e. The van der Waals surface area contributed by atoms with Gasteiger partial charge < -0.3 is 19.5 Å². The molecule has 1 saturated carbocycles. The lowest BCUT2D eigenvalue weighted by Gasteiger charge is -2.36. The molecule has 1 aliphatic heterocycles. The molecule has 0 unspecified atom stereocenters. The van der Waals surface area contributed by atoms with E-state index in [0.717, 1.165) is 29.9 Å². The van der Waals surface area contributed by atoms with E-state index in [4.69, 9.17) is 14.2 Å². The standard InChI is InChI=1S/C19H27NO4/c1-12(2)15-6-4-13(3)8-17(15)24-19(21)20-10-14-5-7-16-18(9-14)23-11-22-16/h5,7,9,12-13,15,17H,4,6,8,10-11H2,1-3H3,(H,20,21)/t13-,15+,17+/m1/s1. The van der Waals surface area contributed by atoms with Crippen molar-refractivity contribution in [1.82, 2.24) is 5.32 Å². The molecule has 0 radical (unpaired) electrons. The molecule has 0 bridgehead atoms. The fourth-order valence-electron chi connectivity index (χ4n) is 3.65. The Balaban J connectivity index is 1.53. The summed E-state index contributed by atoms with van der Waals surface area (Å²) in [4.78, 5) is 12.2. The molecule has 0 aromatic heterocycles. The number of fused-ring (bicyclic) bond motifs is 1. The van der Waals surface area contributed by atoms with E-state index >= 15 is 0 Å². The third kappa shape index (κ3) is 3.94. The monoisotopic (exact) mass is 333 g/mol. The normalized spacial score (nSPS) is 25.6. The van der Waals surface area contributed by atoms with Gasteiger partial charge in [-0.2, -0.15) is 0 Å². The number of amides is 1. The van der Waals surface area contributed by atoms with Crippen molar-refractivity contribution in [2.45, 2.75) is 52.7 Å². The number of nitrogens with one attached hydrogen (secondary N) is 1. The Morgan fingerprint density at radius 1 is 1.29 bits per heavy atom. The molecule has 1 N–H and O–H groups in total.